The number of benzene rings is 2. The highest BCUT2D eigenvalue weighted by Gasteiger charge is 2.50. The van der Waals surface area contributed by atoms with E-state index in [1.54, 1.807) is 24.3 Å². The number of anilines is 1. The molecular formula is C21H20BrClN2O4S2. The summed E-state index contributed by atoms with van der Waals surface area (Å²) in [6.45, 7) is 3.72. The molecule has 0 spiro atoms. The zero-order valence-corrected chi connectivity index (χ0v) is 20.8. The lowest BCUT2D eigenvalue weighted by molar-refractivity contribution is -0.119. The number of aliphatic imine (C=N–C) groups is 1. The number of sulfone groups is 1. The van der Waals surface area contributed by atoms with Gasteiger partial charge in [-0.1, -0.05) is 39.3 Å². The number of carbonyl (C=O) groups excluding carboxylic acids is 1. The third-order valence-corrected chi connectivity index (χ3v) is 9.08. The molecule has 6 nitrogen and oxygen atoms in total. The average molecular weight is 544 g/mol. The lowest BCUT2D eigenvalue weighted by Crippen LogP contribution is -2.38. The number of thioether (sulfide) groups is 1. The SMILES string of the molecule is Cc1cc(Br)cc(C)c1N1C(=NC(=O)COc2ccc(Cl)cc2)S[C@@H]2CS(=O)(=O)C[C@H]21. The van der Waals surface area contributed by atoms with Crippen molar-refractivity contribution in [2.24, 2.45) is 4.99 Å². The second kappa shape index (κ2) is 8.77. The predicted octanol–water partition coefficient (Wildman–Crippen LogP) is 4.40. The number of amides is 1. The second-order valence-corrected chi connectivity index (χ2v) is 12.3. The molecule has 2 heterocycles. The number of ether oxygens (including phenoxy) is 1. The minimum absolute atomic E-state index is 0.0497. The fraction of sp³-hybridized carbons (Fsp3) is 0.333. The molecule has 0 saturated carbocycles. The largest absolute Gasteiger partial charge is 0.484 e. The maximum atomic E-state index is 12.6. The Morgan fingerprint density at radius 1 is 1.23 bits per heavy atom. The molecular weight excluding hydrogens is 524 g/mol. The summed E-state index contributed by atoms with van der Waals surface area (Å²) in [6, 6.07) is 10.4. The van der Waals surface area contributed by atoms with Gasteiger partial charge in [0.1, 0.15) is 5.75 Å². The molecule has 2 aliphatic heterocycles. The average Bonchev–Trinajstić information content (AvgIpc) is 3.12. The number of hydrogen-bond donors (Lipinski definition) is 0. The molecule has 2 aromatic rings. The minimum Gasteiger partial charge on any atom is -0.484 e. The fourth-order valence-corrected chi connectivity index (χ4v) is 8.65. The van der Waals surface area contributed by atoms with Crippen LogP contribution in [0.3, 0.4) is 0 Å². The third-order valence-electron chi connectivity index (χ3n) is 5.16. The maximum absolute atomic E-state index is 12.6. The van der Waals surface area contributed by atoms with E-state index >= 15 is 0 Å². The van der Waals surface area contributed by atoms with Gasteiger partial charge >= 0.3 is 0 Å². The molecule has 2 saturated heterocycles. The summed E-state index contributed by atoms with van der Waals surface area (Å²) in [4.78, 5) is 18.8. The molecule has 1 amide bonds. The van der Waals surface area contributed by atoms with E-state index in [-0.39, 0.29) is 29.4 Å². The normalized spacial score (nSPS) is 23.2. The molecule has 2 fully saturated rings. The van der Waals surface area contributed by atoms with Gasteiger partial charge in [0, 0.05) is 20.4 Å². The van der Waals surface area contributed by atoms with Crippen molar-refractivity contribution in [3.05, 3.63) is 57.0 Å². The number of rotatable bonds is 4. The summed E-state index contributed by atoms with van der Waals surface area (Å²) in [5.41, 5.74) is 2.86. The number of halogens is 2. The topological polar surface area (TPSA) is 76.0 Å². The minimum atomic E-state index is -3.13. The van der Waals surface area contributed by atoms with Crippen LogP contribution in [-0.2, 0) is 14.6 Å². The van der Waals surface area contributed by atoms with Crippen LogP contribution >= 0.6 is 39.3 Å². The third kappa shape index (κ3) is 4.94. The molecule has 0 unspecified atom stereocenters. The van der Waals surface area contributed by atoms with E-state index < -0.39 is 15.7 Å². The van der Waals surface area contributed by atoms with E-state index in [4.69, 9.17) is 16.3 Å². The summed E-state index contributed by atoms with van der Waals surface area (Å²) in [6.07, 6.45) is 0. The molecule has 10 heteroatoms. The Kier molecular flexibility index (Phi) is 6.40. The van der Waals surface area contributed by atoms with Crippen LogP contribution in [-0.4, -0.2) is 48.9 Å². The number of amidine groups is 1. The van der Waals surface area contributed by atoms with Crippen molar-refractivity contribution in [2.75, 3.05) is 23.0 Å². The predicted molar refractivity (Wildman–Crippen MR) is 129 cm³/mol. The molecule has 4 rings (SSSR count). The number of hydrogen-bond acceptors (Lipinski definition) is 5. The maximum Gasteiger partial charge on any atom is 0.285 e. The molecule has 0 aromatic heterocycles. The van der Waals surface area contributed by atoms with E-state index in [0.717, 1.165) is 21.3 Å². The van der Waals surface area contributed by atoms with Crippen molar-refractivity contribution < 1.29 is 17.9 Å². The Bertz CT molecular complexity index is 1150. The van der Waals surface area contributed by atoms with Crippen molar-refractivity contribution >= 4 is 65.9 Å². The Labute approximate surface area is 199 Å². The number of fused-ring (bicyclic) bond motifs is 1. The van der Waals surface area contributed by atoms with Gasteiger partial charge in [0.2, 0.25) is 0 Å². The van der Waals surface area contributed by atoms with E-state index in [9.17, 15) is 13.2 Å². The summed E-state index contributed by atoms with van der Waals surface area (Å²) in [5, 5.41) is 0.943. The first kappa shape index (κ1) is 22.6. The smallest absolute Gasteiger partial charge is 0.285 e. The van der Waals surface area contributed by atoms with Gasteiger partial charge in [-0.05, 0) is 61.4 Å². The van der Waals surface area contributed by atoms with E-state index in [1.807, 2.05) is 30.9 Å². The van der Waals surface area contributed by atoms with Crippen molar-refractivity contribution in [2.45, 2.75) is 25.1 Å². The first-order valence-electron chi connectivity index (χ1n) is 9.56. The van der Waals surface area contributed by atoms with E-state index in [0.29, 0.717) is 15.9 Å². The molecule has 2 atom stereocenters. The van der Waals surface area contributed by atoms with Crippen molar-refractivity contribution in [3.63, 3.8) is 0 Å². The summed E-state index contributed by atoms with van der Waals surface area (Å²) in [5.74, 6) is 0.227. The molecule has 0 N–H and O–H groups in total. The Morgan fingerprint density at radius 2 is 1.87 bits per heavy atom. The van der Waals surface area contributed by atoms with Gasteiger partial charge in [0.15, 0.2) is 21.6 Å². The first-order valence-corrected chi connectivity index (χ1v) is 13.4. The van der Waals surface area contributed by atoms with Gasteiger partial charge in [-0.2, -0.15) is 4.99 Å². The van der Waals surface area contributed by atoms with Gasteiger partial charge in [0.05, 0.1) is 17.5 Å². The van der Waals surface area contributed by atoms with Crippen LogP contribution < -0.4 is 9.64 Å². The van der Waals surface area contributed by atoms with Gasteiger partial charge in [0.25, 0.3) is 5.91 Å². The monoisotopic (exact) mass is 542 g/mol. The zero-order valence-electron chi connectivity index (χ0n) is 16.8. The Morgan fingerprint density at radius 3 is 2.52 bits per heavy atom. The van der Waals surface area contributed by atoms with Crippen LogP contribution in [0, 0.1) is 13.8 Å². The highest BCUT2D eigenvalue weighted by molar-refractivity contribution is 9.10. The Balaban J connectivity index is 1.62. The van der Waals surface area contributed by atoms with Crippen LogP contribution in [0.4, 0.5) is 5.69 Å². The van der Waals surface area contributed by atoms with E-state index in [1.165, 1.54) is 11.8 Å². The van der Waals surface area contributed by atoms with Crippen LogP contribution in [0.2, 0.25) is 5.02 Å². The molecule has 0 bridgehead atoms. The molecule has 2 aliphatic rings. The zero-order chi connectivity index (χ0) is 22.3. The van der Waals surface area contributed by atoms with Gasteiger partial charge in [-0.3, -0.25) is 4.79 Å². The lowest BCUT2D eigenvalue weighted by atomic mass is 10.1. The van der Waals surface area contributed by atoms with Crippen LogP contribution in [0.1, 0.15) is 11.1 Å². The van der Waals surface area contributed by atoms with Crippen LogP contribution in [0.15, 0.2) is 45.9 Å². The van der Waals surface area contributed by atoms with Crippen LogP contribution in [0.25, 0.3) is 0 Å². The molecule has 31 heavy (non-hydrogen) atoms. The number of carbonyl (C=O) groups is 1. The molecule has 164 valence electrons. The van der Waals surface area contributed by atoms with E-state index in [2.05, 4.69) is 20.9 Å². The summed E-state index contributed by atoms with van der Waals surface area (Å²) >= 11 is 10.7. The Hall–Kier alpha value is -1.55. The van der Waals surface area contributed by atoms with Gasteiger partial charge in [-0.15, -0.1) is 0 Å². The second-order valence-electron chi connectivity index (χ2n) is 7.59. The highest BCUT2D eigenvalue weighted by atomic mass is 79.9. The van der Waals surface area contributed by atoms with Gasteiger partial charge in [-0.25, -0.2) is 8.42 Å². The standard InChI is InChI=1S/C21H20BrClN2O4S2/c1-12-7-14(22)8-13(2)20(12)25-17-10-31(27,28)11-18(17)30-21(25)24-19(26)9-29-16-5-3-15(23)4-6-16/h3-8,17-18H,9-11H2,1-2H3/t17-,18-/m1/s1. The lowest BCUT2D eigenvalue weighted by Gasteiger charge is -2.28. The summed E-state index contributed by atoms with van der Waals surface area (Å²) < 4.78 is 31.0. The first-order chi connectivity index (χ1) is 14.6. The number of nitrogens with zero attached hydrogens (tertiary/aromatic N) is 2. The fourth-order valence-electron chi connectivity index (χ4n) is 3.92. The molecule has 0 radical (unpaired) electrons. The van der Waals surface area contributed by atoms with Crippen molar-refractivity contribution in [1.29, 1.82) is 0 Å². The van der Waals surface area contributed by atoms with Gasteiger partial charge < -0.3 is 9.64 Å². The molecule has 2 aromatic carbocycles. The quantitative estimate of drug-likeness (QED) is 0.569. The van der Waals surface area contributed by atoms with Crippen LogP contribution in [0.5, 0.6) is 5.75 Å². The number of aryl methyl sites for hydroxylation is 2. The van der Waals surface area contributed by atoms with Crippen molar-refractivity contribution in [3.8, 4) is 5.75 Å². The summed E-state index contributed by atoms with van der Waals surface area (Å²) in [7, 11) is -3.13. The molecule has 0 aliphatic carbocycles. The van der Waals surface area contributed by atoms with Crippen molar-refractivity contribution in [1.82, 2.24) is 0 Å². The highest BCUT2D eigenvalue weighted by Crippen LogP contribution is 2.43.